The standard InChI is InChI=1S/C36H26N3P/c37-27-34-33(28-16-6-1-7-17-28)26-35(29-18-8-2-9-19-29)38-36(34)39-40(30-20-10-3-11-21-30,31-22-12-4-13-23-31)32-24-14-5-15-25-32/h1-26H. The molecule has 3 nitrogen and oxygen atoms in total. The summed E-state index contributed by atoms with van der Waals surface area (Å²) in [4.78, 5) is 5.10. The monoisotopic (exact) mass is 531 g/mol. The zero-order chi connectivity index (χ0) is 27.2. The van der Waals surface area contributed by atoms with Crippen molar-refractivity contribution in [2.75, 3.05) is 0 Å². The Bertz CT molecular complexity index is 1730. The molecule has 0 unspecified atom stereocenters. The van der Waals surface area contributed by atoms with Gasteiger partial charge in [-0.1, -0.05) is 152 Å². The number of benzene rings is 5. The number of hydrogen-bond donors (Lipinski definition) is 0. The van der Waals surface area contributed by atoms with Gasteiger partial charge in [0, 0.05) is 27.0 Å². The van der Waals surface area contributed by atoms with Crippen LogP contribution >= 0.6 is 7.05 Å². The summed E-state index contributed by atoms with van der Waals surface area (Å²) in [7, 11) is -2.63. The van der Waals surface area contributed by atoms with Crippen LogP contribution in [0.3, 0.4) is 0 Å². The molecule has 0 fully saturated rings. The van der Waals surface area contributed by atoms with Crippen LogP contribution in [0.15, 0.2) is 162 Å². The van der Waals surface area contributed by atoms with Gasteiger partial charge in [0.15, 0.2) is 5.82 Å². The van der Waals surface area contributed by atoms with Crippen LogP contribution in [0.1, 0.15) is 5.56 Å². The Kier molecular flexibility index (Phi) is 7.18. The van der Waals surface area contributed by atoms with Crippen LogP contribution in [0.4, 0.5) is 5.82 Å². The molecule has 0 aliphatic heterocycles. The summed E-state index contributed by atoms with van der Waals surface area (Å²) in [6.07, 6.45) is 0. The molecule has 6 rings (SSSR count). The van der Waals surface area contributed by atoms with Gasteiger partial charge in [0.25, 0.3) is 0 Å². The summed E-state index contributed by atoms with van der Waals surface area (Å²) in [6.45, 7) is 0. The fraction of sp³-hybridized carbons (Fsp3) is 0. The van der Waals surface area contributed by atoms with Crippen molar-refractivity contribution in [2.45, 2.75) is 0 Å². The van der Waals surface area contributed by atoms with E-state index >= 15 is 0 Å². The lowest BCUT2D eigenvalue weighted by molar-refractivity contribution is 1.26. The molecule has 0 spiro atoms. The number of nitriles is 1. The fourth-order valence-corrected chi connectivity index (χ4v) is 8.49. The van der Waals surface area contributed by atoms with Crippen molar-refractivity contribution in [2.24, 2.45) is 4.74 Å². The van der Waals surface area contributed by atoms with Crippen molar-refractivity contribution < 1.29 is 0 Å². The Morgan fingerprint density at radius 3 is 1.35 bits per heavy atom. The SMILES string of the molecule is N#Cc1c(-c2ccccc2)cc(-c2ccccc2)nc1N=P(c1ccccc1)(c1ccccc1)c1ccccc1. The topological polar surface area (TPSA) is 49.0 Å². The van der Waals surface area contributed by atoms with Gasteiger partial charge in [-0.15, -0.1) is 0 Å². The smallest absolute Gasteiger partial charge is 0.170 e. The van der Waals surface area contributed by atoms with Crippen molar-refractivity contribution in [1.82, 2.24) is 4.98 Å². The Hall–Kier alpha value is -5.03. The lowest BCUT2D eigenvalue weighted by atomic mass is 9.98. The Morgan fingerprint density at radius 2 is 0.925 bits per heavy atom. The third-order valence-electron chi connectivity index (χ3n) is 6.90. The number of aromatic nitrogens is 1. The average Bonchev–Trinajstić information content (AvgIpc) is 3.05. The van der Waals surface area contributed by atoms with Gasteiger partial charge in [-0.05, 0) is 11.6 Å². The van der Waals surface area contributed by atoms with E-state index in [-0.39, 0.29) is 0 Å². The molecule has 0 saturated heterocycles. The van der Waals surface area contributed by atoms with E-state index in [0.717, 1.165) is 38.3 Å². The van der Waals surface area contributed by atoms with Crippen LogP contribution in [0.2, 0.25) is 0 Å². The van der Waals surface area contributed by atoms with Crippen molar-refractivity contribution in [3.63, 3.8) is 0 Å². The summed E-state index contributed by atoms with van der Waals surface area (Å²) in [6, 6.07) is 55.9. The van der Waals surface area contributed by atoms with Gasteiger partial charge in [0.2, 0.25) is 0 Å². The molecule has 5 aromatic carbocycles. The zero-order valence-corrected chi connectivity index (χ0v) is 22.7. The van der Waals surface area contributed by atoms with Crippen LogP contribution < -0.4 is 15.9 Å². The highest BCUT2D eigenvalue weighted by Crippen LogP contribution is 2.50. The van der Waals surface area contributed by atoms with E-state index in [2.05, 4.69) is 78.9 Å². The van der Waals surface area contributed by atoms with E-state index in [1.54, 1.807) is 0 Å². The summed E-state index contributed by atoms with van der Waals surface area (Å²) in [5.74, 6) is 0.451. The van der Waals surface area contributed by atoms with Crippen molar-refractivity contribution in [1.29, 1.82) is 5.26 Å². The normalized spacial score (nSPS) is 11.0. The summed E-state index contributed by atoms with van der Waals surface area (Å²) in [5.41, 5.74) is 4.01. The van der Waals surface area contributed by atoms with Crippen LogP contribution in [0, 0.1) is 11.3 Å². The van der Waals surface area contributed by atoms with Crippen molar-refractivity contribution in [3.05, 3.63) is 163 Å². The Labute approximate surface area is 235 Å². The molecule has 40 heavy (non-hydrogen) atoms. The lowest BCUT2D eigenvalue weighted by Gasteiger charge is -2.27. The third kappa shape index (κ3) is 4.78. The lowest BCUT2D eigenvalue weighted by Crippen LogP contribution is -2.25. The van der Waals surface area contributed by atoms with Gasteiger partial charge in [-0.3, -0.25) is 0 Å². The maximum atomic E-state index is 10.6. The quantitative estimate of drug-likeness (QED) is 0.204. The molecule has 0 atom stereocenters. The minimum absolute atomic E-state index is 0.451. The Balaban J connectivity index is 1.78. The predicted molar refractivity (Wildman–Crippen MR) is 167 cm³/mol. The molecule has 0 aliphatic rings. The molecule has 0 saturated carbocycles. The van der Waals surface area contributed by atoms with Gasteiger partial charge in [-0.25, -0.2) is 9.73 Å². The minimum Gasteiger partial charge on any atom is -0.233 e. The molecular weight excluding hydrogens is 505 g/mol. The van der Waals surface area contributed by atoms with E-state index in [9.17, 15) is 5.26 Å². The summed E-state index contributed by atoms with van der Waals surface area (Å²) >= 11 is 0. The summed E-state index contributed by atoms with van der Waals surface area (Å²) < 4.78 is 5.62. The first-order chi connectivity index (χ1) is 19.8. The molecular formula is C36H26N3P. The van der Waals surface area contributed by atoms with Crippen LogP contribution in [0.5, 0.6) is 0 Å². The van der Waals surface area contributed by atoms with Gasteiger partial charge in [-0.2, -0.15) is 5.26 Å². The van der Waals surface area contributed by atoms with Crippen molar-refractivity contribution in [3.8, 4) is 28.5 Å². The third-order valence-corrected chi connectivity index (χ3v) is 10.5. The van der Waals surface area contributed by atoms with Crippen LogP contribution in [-0.4, -0.2) is 4.98 Å². The van der Waals surface area contributed by atoms with Gasteiger partial charge < -0.3 is 0 Å². The first kappa shape index (κ1) is 25.3. The highest BCUT2D eigenvalue weighted by atomic mass is 31.2. The second kappa shape index (κ2) is 11.4. The molecule has 0 N–H and O–H groups in total. The first-order valence-electron chi connectivity index (χ1n) is 13.1. The maximum absolute atomic E-state index is 10.6. The molecule has 0 aliphatic carbocycles. The summed E-state index contributed by atoms with van der Waals surface area (Å²) in [5, 5.41) is 13.9. The number of hydrogen-bond acceptors (Lipinski definition) is 3. The maximum Gasteiger partial charge on any atom is 0.170 e. The number of pyridine rings is 1. The second-order valence-electron chi connectivity index (χ2n) is 9.34. The number of nitrogens with zero attached hydrogens (tertiary/aromatic N) is 3. The van der Waals surface area contributed by atoms with E-state index in [4.69, 9.17) is 9.73 Å². The average molecular weight is 532 g/mol. The largest absolute Gasteiger partial charge is 0.233 e. The van der Waals surface area contributed by atoms with E-state index in [0.29, 0.717) is 11.4 Å². The molecule has 0 bridgehead atoms. The van der Waals surface area contributed by atoms with Gasteiger partial charge in [0.1, 0.15) is 11.6 Å². The van der Waals surface area contributed by atoms with Gasteiger partial charge in [0.05, 0.1) is 12.7 Å². The molecule has 0 radical (unpaired) electrons. The molecule has 6 aromatic rings. The zero-order valence-electron chi connectivity index (χ0n) is 21.8. The molecule has 4 heteroatoms. The molecule has 0 amide bonds. The van der Waals surface area contributed by atoms with Crippen LogP contribution in [-0.2, 0) is 0 Å². The highest BCUT2D eigenvalue weighted by molar-refractivity contribution is 7.87. The van der Waals surface area contributed by atoms with E-state index in [1.807, 2.05) is 84.9 Å². The fourth-order valence-electron chi connectivity index (χ4n) is 5.01. The minimum atomic E-state index is -2.63. The first-order valence-corrected chi connectivity index (χ1v) is 14.9. The van der Waals surface area contributed by atoms with Crippen LogP contribution in [0.25, 0.3) is 22.4 Å². The van der Waals surface area contributed by atoms with Crippen molar-refractivity contribution >= 4 is 28.8 Å². The molecule has 1 aromatic heterocycles. The van der Waals surface area contributed by atoms with E-state index < -0.39 is 7.05 Å². The molecule has 1 heterocycles. The van der Waals surface area contributed by atoms with E-state index in [1.165, 1.54) is 0 Å². The Morgan fingerprint density at radius 1 is 0.525 bits per heavy atom. The second-order valence-corrected chi connectivity index (χ2v) is 12.4. The molecule has 190 valence electrons. The number of rotatable bonds is 6. The predicted octanol–water partition coefficient (Wildman–Crippen LogP) is 8.10. The van der Waals surface area contributed by atoms with Gasteiger partial charge >= 0.3 is 0 Å². The highest BCUT2D eigenvalue weighted by Gasteiger charge is 2.29.